The van der Waals surface area contributed by atoms with Crippen LogP contribution >= 0.6 is 0 Å². The molecule has 2 rings (SSSR count). The summed E-state index contributed by atoms with van der Waals surface area (Å²) in [6.07, 6.45) is 2.52. The highest BCUT2D eigenvalue weighted by atomic mass is 15.3. The molecule has 1 aromatic rings. The number of nitrogens with two attached hydrogens (primary N) is 1. The van der Waals surface area contributed by atoms with E-state index >= 15 is 0 Å². The van der Waals surface area contributed by atoms with Crippen LogP contribution in [0.25, 0.3) is 0 Å². The number of hydrogen-bond donors (Lipinski definition) is 3. The van der Waals surface area contributed by atoms with Crippen LogP contribution in [0.4, 0.5) is 11.6 Å². The van der Waals surface area contributed by atoms with E-state index in [1.54, 1.807) is 0 Å². The summed E-state index contributed by atoms with van der Waals surface area (Å²) in [5, 5.41) is 3.38. The van der Waals surface area contributed by atoms with Crippen molar-refractivity contribution in [1.29, 1.82) is 0 Å². The predicted molar refractivity (Wildman–Crippen MR) is 70.8 cm³/mol. The first kappa shape index (κ1) is 12.1. The van der Waals surface area contributed by atoms with Gasteiger partial charge in [-0.1, -0.05) is 6.07 Å². The number of rotatable bonds is 4. The molecule has 1 saturated heterocycles. The molecule has 1 aliphatic rings. The lowest BCUT2D eigenvalue weighted by Crippen LogP contribution is -2.33. The van der Waals surface area contributed by atoms with Crippen LogP contribution in [0.5, 0.6) is 0 Å². The maximum atomic E-state index is 5.33. The van der Waals surface area contributed by atoms with Gasteiger partial charge in [-0.15, -0.1) is 0 Å². The zero-order valence-electron chi connectivity index (χ0n) is 10.3. The Bertz CT molecular complexity index is 347. The number of aromatic nitrogens is 1. The molecule has 2 heterocycles. The molecule has 94 valence electrons. The second-order valence-electron chi connectivity index (χ2n) is 4.68. The summed E-state index contributed by atoms with van der Waals surface area (Å²) in [6.45, 7) is 3.39. The summed E-state index contributed by atoms with van der Waals surface area (Å²) in [4.78, 5) is 6.72. The normalized spacial score (nSPS) is 18.0. The molecule has 4 N–H and O–H groups in total. The summed E-state index contributed by atoms with van der Waals surface area (Å²) in [5.74, 6) is 7.66. The predicted octanol–water partition coefficient (Wildman–Crippen LogP) is 1.12. The summed E-state index contributed by atoms with van der Waals surface area (Å²) in [5.41, 5.74) is 2.55. The summed E-state index contributed by atoms with van der Waals surface area (Å²) >= 11 is 0. The molecule has 17 heavy (non-hydrogen) atoms. The molecule has 0 aliphatic carbocycles. The first-order valence-corrected chi connectivity index (χ1v) is 6.14. The largest absolute Gasteiger partial charge is 0.370 e. The van der Waals surface area contributed by atoms with Crippen molar-refractivity contribution >= 4 is 11.6 Å². The first-order chi connectivity index (χ1) is 8.28. The van der Waals surface area contributed by atoms with Gasteiger partial charge in [0, 0.05) is 6.54 Å². The lowest BCUT2D eigenvalue weighted by atomic mass is 9.97. The highest BCUT2D eigenvalue weighted by Gasteiger charge is 2.16. The second-order valence-corrected chi connectivity index (χ2v) is 4.68. The smallest absolute Gasteiger partial charge is 0.142 e. The maximum Gasteiger partial charge on any atom is 0.142 e. The molecule has 0 amide bonds. The van der Waals surface area contributed by atoms with Gasteiger partial charge in [0.15, 0.2) is 0 Å². The van der Waals surface area contributed by atoms with Gasteiger partial charge in [-0.2, -0.15) is 0 Å². The van der Waals surface area contributed by atoms with Crippen LogP contribution < -0.4 is 16.6 Å². The van der Waals surface area contributed by atoms with E-state index in [0.717, 1.165) is 18.3 Å². The molecule has 1 aliphatic heterocycles. The van der Waals surface area contributed by atoms with Gasteiger partial charge < -0.3 is 15.6 Å². The molecule has 0 aromatic carbocycles. The SMILES string of the molecule is CN1CCC(CNc2cccc(NN)n2)CC1. The summed E-state index contributed by atoms with van der Waals surface area (Å²) in [6, 6.07) is 5.76. The standard InChI is InChI=1S/C12H21N5/c1-17-7-5-10(6-8-17)9-14-11-3-2-4-12(15-11)16-13/h2-4,10H,5-9,13H2,1H3,(H2,14,15,16). The van der Waals surface area contributed by atoms with Crippen LogP contribution in [-0.2, 0) is 0 Å². The van der Waals surface area contributed by atoms with E-state index in [4.69, 9.17) is 5.84 Å². The van der Waals surface area contributed by atoms with Gasteiger partial charge in [-0.3, -0.25) is 0 Å². The number of hydrazine groups is 1. The van der Waals surface area contributed by atoms with Crippen LogP contribution in [0.3, 0.4) is 0 Å². The van der Waals surface area contributed by atoms with Gasteiger partial charge in [-0.25, -0.2) is 10.8 Å². The second kappa shape index (κ2) is 5.84. The van der Waals surface area contributed by atoms with Crippen LogP contribution in [0.1, 0.15) is 12.8 Å². The third-order valence-corrected chi connectivity index (χ3v) is 3.31. The number of hydrogen-bond acceptors (Lipinski definition) is 5. The number of nitrogen functional groups attached to an aromatic ring is 1. The Morgan fingerprint density at radius 1 is 1.35 bits per heavy atom. The third kappa shape index (κ3) is 3.57. The van der Waals surface area contributed by atoms with Crippen molar-refractivity contribution in [3.8, 4) is 0 Å². The zero-order chi connectivity index (χ0) is 12.1. The van der Waals surface area contributed by atoms with Gasteiger partial charge in [0.25, 0.3) is 0 Å². The molecule has 0 saturated carbocycles. The number of pyridine rings is 1. The van der Waals surface area contributed by atoms with Crippen molar-refractivity contribution in [3.05, 3.63) is 18.2 Å². The fraction of sp³-hybridized carbons (Fsp3) is 0.583. The summed E-state index contributed by atoms with van der Waals surface area (Å²) in [7, 11) is 2.18. The van der Waals surface area contributed by atoms with Crippen molar-refractivity contribution < 1.29 is 0 Å². The van der Waals surface area contributed by atoms with Gasteiger partial charge >= 0.3 is 0 Å². The summed E-state index contributed by atoms with van der Waals surface area (Å²) < 4.78 is 0. The number of likely N-dealkylation sites (tertiary alicyclic amines) is 1. The van der Waals surface area contributed by atoms with Crippen LogP contribution in [0.15, 0.2) is 18.2 Å². The van der Waals surface area contributed by atoms with E-state index in [-0.39, 0.29) is 0 Å². The highest BCUT2D eigenvalue weighted by Crippen LogP contribution is 2.17. The number of anilines is 2. The van der Waals surface area contributed by atoms with E-state index in [1.165, 1.54) is 25.9 Å². The van der Waals surface area contributed by atoms with E-state index in [1.807, 2.05) is 18.2 Å². The molecule has 5 nitrogen and oxygen atoms in total. The van der Waals surface area contributed by atoms with E-state index in [9.17, 15) is 0 Å². The molecular weight excluding hydrogens is 214 g/mol. The molecule has 0 spiro atoms. The minimum atomic E-state index is 0.693. The Labute approximate surface area is 102 Å². The Morgan fingerprint density at radius 3 is 2.76 bits per heavy atom. The van der Waals surface area contributed by atoms with E-state index in [2.05, 4.69) is 27.7 Å². The van der Waals surface area contributed by atoms with Gasteiger partial charge in [-0.05, 0) is 51.0 Å². The number of nitrogens with one attached hydrogen (secondary N) is 2. The lowest BCUT2D eigenvalue weighted by molar-refractivity contribution is 0.226. The molecule has 0 radical (unpaired) electrons. The number of nitrogens with zero attached hydrogens (tertiary/aromatic N) is 2. The zero-order valence-corrected chi connectivity index (χ0v) is 10.3. The molecule has 0 unspecified atom stereocenters. The van der Waals surface area contributed by atoms with Crippen molar-refractivity contribution in [2.45, 2.75) is 12.8 Å². The molecule has 0 bridgehead atoms. The molecule has 5 heteroatoms. The van der Waals surface area contributed by atoms with Crippen molar-refractivity contribution in [2.75, 3.05) is 37.4 Å². The minimum Gasteiger partial charge on any atom is -0.370 e. The quantitative estimate of drug-likeness (QED) is 0.539. The fourth-order valence-electron chi connectivity index (χ4n) is 2.13. The van der Waals surface area contributed by atoms with Gasteiger partial charge in [0.1, 0.15) is 11.6 Å². The Hall–Kier alpha value is -1.33. The van der Waals surface area contributed by atoms with Crippen LogP contribution in [0, 0.1) is 5.92 Å². The van der Waals surface area contributed by atoms with E-state index in [0.29, 0.717) is 5.82 Å². The Balaban J connectivity index is 1.81. The maximum absolute atomic E-state index is 5.33. The Kier molecular flexibility index (Phi) is 4.17. The van der Waals surface area contributed by atoms with Crippen molar-refractivity contribution in [1.82, 2.24) is 9.88 Å². The molecular formula is C12H21N5. The minimum absolute atomic E-state index is 0.693. The molecule has 0 atom stereocenters. The first-order valence-electron chi connectivity index (χ1n) is 6.14. The fourth-order valence-corrected chi connectivity index (χ4v) is 2.13. The monoisotopic (exact) mass is 235 g/mol. The average molecular weight is 235 g/mol. The van der Waals surface area contributed by atoms with Gasteiger partial charge in [0.05, 0.1) is 0 Å². The molecule has 1 aromatic heterocycles. The third-order valence-electron chi connectivity index (χ3n) is 3.31. The number of piperidine rings is 1. The van der Waals surface area contributed by atoms with Crippen molar-refractivity contribution in [2.24, 2.45) is 11.8 Å². The van der Waals surface area contributed by atoms with Crippen LogP contribution in [0.2, 0.25) is 0 Å². The van der Waals surface area contributed by atoms with Gasteiger partial charge in [0.2, 0.25) is 0 Å². The van der Waals surface area contributed by atoms with E-state index < -0.39 is 0 Å². The lowest BCUT2D eigenvalue weighted by Gasteiger charge is -2.29. The topological polar surface area (TPSA) is 66.2 Å². The van der Waals surface area contributed by atoms with Crippen LogP contribution in [-0.4, -0.2) is 36.6 Å². The molecule has 1 fully saturated rings. The highest BCUT2D eigenvalue weighted by molar-refractivity contribution is 5.44. The average Bonchev–Trinajstić information content (AvgIpc) is 2.38. The Morgan fingerprint density at radius 2 is 2.06 bits per heavy atom. The van der Waals surface area contributed by atoms with Crippen molar-refractivity contribution in [3.63, 3.8) is 0 Å².